The molecule has 0 aromatic heterocycles. The molecular weight excluding hydrogens is 347 g/mol. The number of nitrogens with two attached hydrogens (primary N) is 1. The number of aliphatic hydroxyl groups is 1. The van der Waals surface area contributed by atoms with E-state index in [1.54, 1.807) is 0 Å². The molecule has 0 aliphatic rings. The van der Waals surface area contributed by atoms with Crippen LogP contribution >= 0.6 is 24.0 Å². The number of hydrogen-bond donors (Lipinski definition) is 2. The van der Waals surface area contributed by atoms with Crippen LogP contribution < -0.4 is 10.5 Å². The molecule has 2 aromatic rings. The summed E-state index contributed by atoms with van der Waals surface area (Å²) in [5.74, 6) is -1.43. The third kappa shape index (κ3) is 4.54. The summed E-state index contributed by atoms with van der Waals surface area (Å²) >= 11 is 5.96. The fraction of sp³-hybridized carbons (Fsp3) is 0.250. The first-order chi connectivity index (χ1) is 10.5. The second-order valence-electron chi connectivity index (χ2n) is 4.85. The number of rotatable bonds is 5. The Balaban J connectivity index is 0.00000264. The van der Waals surface area contributed by atoms with Crippen LogP contribution in [0.3, 0.4) is 0 Å². The van der Waals surface area contributed by atoms with Crippen molar-refractivity contribution in [1.29, 1.82) is 0 Å². The molecule has 0 spiro atoms. The molecule has 0 fully saturated rings. The average molecular weight is 364 g/mol. The van der Waals surface area contributed by atoms with Gasteiger partial charge in [-0.2, -0.15) is 0 Å². The molecule has 0 unspecified atom stereocenters. The van der Waals surface area contributed by atoms with Crippen LogP contribution in [0, 0.1) is 11.6 Å². The predicted octanol–water partition coefficient (Wildman–Crippen LogP) is 4.73. The standard InChI is InChI=1S/C16H16ClF2NO2.ClH/c1-2-14(20)12-3-4-13(17)16(15(12)19)22-11-6-9(8-21)5-10(18)7-11;/h3-7,14,21H,2,8,20H2,1H3;1H/t14-;/m0./s1. The van der Waals surface area contributed by atoms with Gasteiger partial charge in [-0.15, -0.1) is 12.4 Å². The average Bonchev–Trinajstić information content (AvgIpc) is 2.50. The van der Waals surface area contributed by atoms with Gasteiger partial charge in [-0.1, -0.05) is 24.6 Å². The van der Waals surface area contributed by atoms with E-state index in [0.717, 1.165) is 12.1 Å². The Labute approximate surface area is 144 Å². The van der Waals surface area contributed by atoms with Crippen LogP contribution in [0.15, 0.2) is 30.3 Å². The van der Waals surface area contributed by atoms with Gasteiger partial charge in [0, 0.05) is 17.7 Å². The smallest absolute Gasteiger partial charge is 0.181 e. The van der Waals surface area contributed by atoms with E-state index in [1.807, 2.05) is 6.92 Å². The van der Waals surface area contributed by atoms with Gasteiger partial charge in [-0.3, -0.25) is 0 Å². The van der Waals surface area contributed by atoms with Gasteiger partial charge in [0.25, 0.3) is 0 Å². The van der Waals surface area contributed by atoms with Crippen LogP contribution in [0.5, 0.6) is 11.5 Å². The van der Waals surface area contributed by atoms with Crippen LogP contribution in [0.4, 0.5) is 8.78 Å². The van der Waals surface area contributed by atoms with Gasteiger partial charge in [0.1, 0.15) is 11.6 Å². The first kappa shape index (κ1) is 19.6. The number of ether oxygens (including phenoxy) is 1. The minimum atomic E-state index is -0.670. The van der Waals surface area contributed by atoms with Gasteiger partial charge in [0.15, 0.2) is 11.6 Å². The van der Waals surface area contributed by atoms with E-state index < -0.39 is 17.7 Å². The number of benzene rings is 2. The highest BCUT2D eigenvalue weighted by Crippen LogP contribution is 2.36. The molecule has 0 aliphatic heterocycles. The molecule has 0 saturated carbocycles. The van der Waals surface area contributed by atoms with E-state index in [-0.39, 0.29) is 41.1 Å². The van der Waals surface area contributed by atoms with Crippen LogP contribution in [-0.2, 0) is 6.61 Å². The molecule has 0 saturated heterocycles. The van der Waals surface area contributed by atoms with E-state index >= 15 is 0 Å². The quantitative estimate of drug-likeness (QED) is 0.806. The molecule has 0 amide bonds. The summed E-state index contributed by atoms with van der Waals surface area (Å²) < 4.78 is 33.3. The molecule has 0 aliphatic carbocycles. The fourth-order valence-electron chi connectivity index (χ4n) is 2.04. The molecule has 0 bridgehead atoms. The Morgan fingerprint density at radius 1 is 1.26 bits per heavy atom. The number of halogens is 4. The van der Waals surface area contributed by atoms with E-state index in [9.17, 15) is 8.78 Å². The van der Waals surface area contributed by atoms with E-state index in [1.165, 1.54) is 18.2 Å². The normalized spacial score (nSPS) is 11.7. The van der Waals surface area contributed by atoms with Gasteiger partial charge in [0.05, 0.1) is 11.6 Å². The van der Waals surface area contributed by atoms with Crippen molar-refractivity contribution in [2.75, 3.05) is 0 Å². The predicted molar refractivity (Wildman–Crippen MR) is 88.3 cm³/mol. The molecule has 2 rings (SSSR count). The Kier molecular flexibility index (Phi) is 7.22. The maximum Gasteiger partial charge on any atom is 0.181 e. The van der Waals surface area contributed by atoms with Gasteiger partial charge in [-0.05, 0) is 30.2 Å². The molecular formula is C16H17Cl2F2NO2. The third-order valence-electron chi connectivity index (χ3n) is 3.25. The van der Waals surface area contributed by atoms with Crippen LogP contribution in [0.1, 0.15) is 30.5 Å². The van der Waals surface area contributed by atoms with Crippen molar-refractivity contribution >= 4 is 24.0 Å². The fourth-order valence-corrected chi connectivity index (χ4v) is 2.22. The lowest BCUT2D eigenvalue weighted by Gasteiger charge is -2.15. The summed E-state index contributed by atoms with van der Waals surface area (Å²) in [4.78, 5) is 0. The molecule has 126 valence electrons. The SMILES string of the molecule is CC[C@H](N)c1ccc(Cl)c(Oc2cc(F)cc(CO)c2)c1F.Cl. The molecule has 23 heavy (non-hydrogen) atoms. The van der Waals surface area contributed by atoms with Crippen molar-refractivity contribution in [2.24, 2.45) is 5.73 Å². The van der Waals surface area contributed by atoms with Crippen LogP contribution in [-0.4, -0.2) is 5.11 Å². The monoisotopic (exact) mass is 363 g/mol. The minimum Gasteiger partial charge on any atom is -0.453 e. The summed E-state index contributed by atoms with van der Waals surface area (Å²) in [6.45, 7) is 1.48. The largest absolute Gasteiger partial charge is 0.453 e. The summed E-state index contributed by atoms with van der Waals surface area (Å²) in [5, 5.41) is 9.13. The Bertz CT molecular complexity index is 683. The summed E-state index contributed by atoms with van der Waals surface area (Å²) in [6, 6.07) is 6.15. The van der Waals surface area contributed by atoms with Crippen LogP contribution in [0.2, 0.25) is 5.02 Å². The van der Waals surface area contributed by atoms with Crippen LogP contribution in [0.25, 0.3) is 0 Å². The zero-order chi connectivity index (χ0) is 16.3. The lowest BCUT2D eigenvalue weighted by molar-refractivity contribution is 0.280. The first-order valence-corrected chi connectivity index (χ1v) is 7.15. The van der Waals surface area contributed by atoms with Crippen molar-refractivity contribution in [1.82, 2.24) is 0 Å². The summed E-state index contributed by atoms with van der Waals surface area (Å²) in [6.07, 6.45) is 0.548. The highest BCUT2D eigenvalue weighted by Gasteiger charge is 2.18. The zero-order valence-electron chi connectivity index (χ0n) is 12.4. The zero-order valence-corrected chi connectivity index (χ0v) is 13.9. The second kappa shape index (κ2) is 8.45. The third-order valence-corrected chi connectivity index (χ3v) is 3.55. The molecule has 2 aromatic carbocycles. The maximum absolute atomic E-state index is 14.5. The Morgan fingerprint density at radius 2 is 1.96 bits per heavy atom. The first-order valence-electron chi connectivity index (χ1n) is 6.78. The highest BCUT2D eigenvalue weighted by molar-refractivity contribution is 6.32. The van der Waals surface area contributed by atoms with Gasteiger partial charge in [-0.25, -0.2) is 8.78 Å². The lowest BCUT2D eigenvalue weighted by atomic mass is 10.0. The van der Waals surface area contributed by atoms with Gasteiger partial charge >= 0.3 is 0 Å². The maximum atomic E-state index is 14.5. The van der Waals surface area contributed by atoms with Gasteiger partial charge < -0.3 is 15.6 Å². The van der Waals surface area contributed by atoms with E-state index in [0.29, 0.717) is 12.0 Å². The topological polar surface area (TPSA) is 55.5 Å². The van der Waals surface area contributed by atoms with Crippen molar-refractivity contribution < 1.29 is 18.6 Å². The number of aliphatic hydroxyl groups excluding tert-OH is 1. The summed E-state index contributed by atoms with van der Waals surface area (Å²) in [7, 11) is 0. The van der Waals surface area contributed by atoms with Crippen molar-refractivity contribution in [3.63, 3.8) is 0 Å². The molecule has 0 radical (unpaired) electrons. The van der Waals surface area contributed by atoms with Gasteiger partial charge in [0.2, 0.25) is 0 Å². The molecule has 3 N–H and O–H groups in total. The second-order valence-corrected chi connectivity index (χ2v) is 5.26. The number of hydrogen-bond acceptors (Lipinski definition) is 3. The molecule has 0 heterocycles. The van der Waals surface area contributed by atoms with E-state index in [4.69, 9.17) is 27.2 Å². The molecule has 3 nitrogen and oxygen atoms in total. The minimum absolute atomic E-state index is 0. The van der Waals surface area contributed by atoms with Crippen molar-refractivity contribution in [3.8, 4) is 11.5 Å². The van der Waals surface area contributed by atoms with E-state index in [2.05, 4.69) is 0 Å². The Morgan fingerprint density at radius 3 is 2.57 bits per heavy atom. The summed E-state index contributed by atoms with van der Waals surface area (Å²) in [5.41, 5.74) is 6.44. The van der Waals surface area contributed by atoms with Crippen molar-refractivity contribution in [2.45, 2.75) is 26.0 Å². The van der Waals surface area contributed by atoms with Crippen molar-refractivity contribution in [3.05, 3.63) is 58.1 Å². The Hall–Kier alpha value is -1.40. The molecule has 1 atom stereocenters. The molecule has 7 heteroatoms. The lowest BCUT2D eigenvalue weighted by Crippen LogP contribution is -2.11. The highest BCUT2D eigenvalue weighted by atomic mass is 35.5.